The molecule has 0 fully saturated rings. The molecule has 0 spiro atoms. The van der Waals surface area contributed by atoms with E-state index in [1.165, 1.54) is 144 Å². The summed E-state index contributed by atoms with van der Waals surface area (Å²) in [5.41, 5.74) is 21.6. The number of rotatable bonds is 6. The van der Waals surface area contributed by atoms with Gasteiger partial charge in [-0.1, -0.05) is 82.2 Å². The monoisotopic (exact) mass is 1160 g/mol. The average molecular weight is 1160 g/mol. The van der Waals surface area contributed by atoms with Crippen molar-refractivity contribution in [3.05, 3.63) is 298 Å². The molecule has 0 saturated heterocycles. The third-order valence-corrected chi connectivity index (χ3v) is 15.2. The summed E-state index contributed by atoms with van der Waals surface area (Å²) < 4.78 is 2.83. The average Bonchev–Trinajstić information content (AvgIpc) is 4.27. The second kappa shape index (κ2) is 30.7. The van der Waals surface area contributed by atoms with Crippen molar-refractivity contribution >= 4 is 17.8 Å². The van der Waals surface area contributed by atoms with Gasteiger partial charge in [0.25, 0.3) is 0 Å². The van der Waals surface area contributed by atoms with Crippen LogP contribution >= 0.6 is 0 Å². The molecular weight excluding hydrogens is 1100 g/mol. The Morgan fingerprint density at radius 2 is 0.703 bits per heavy atom. The zero-order valence-electron chi connectivity index (χ0n) is 43.3. The van der Waals surface area contributed by atoms with E-state index >= 15 is 0 Å². The third kappa shape index (κ3) is 16.7. The molecule has 0 aromatic heterocycles. The van der Waals surface area contributed by atoms with Crippen LogP contribution in [0.15, 0.2) is 230 Å². The van der Waals surface area contributed by atoms with E-state index < -0.39 is 0 Å². The molecule has 0 atom stereocenters. The van der Waals surface area contributed by atoms with Crippen LogP contribution in [-0.4, -0.2) is 34.6 Å². The van der Waals surface area contributed by atoms with Crippen molar-refractivity contribution < 1.29 is 73.3 Å². The molecule has 74 heavy (non-hydrogen) atoms. The zero-order chi connectivity index (χ0) is 50.7. The standard InChI is InChI=1S/2C15H14N.2C13H10.2C6H7.2ClH.2Zr/c2*1-16(2)14-9-5-7-12-10-11-6-3-4-8-13(11)15(12)14;2*1-3-7-12(8-4-1)11-13-9-5-2-6-10-13;2*1-6-4-2-3-5-6;;;;/h2*3-6,8-9H,10H2,1-2H3;2*1-10H;2*4-5H,2H2,1H3;2*1H;;/q2*-1;;;2*-1;;;2*+2/p-2. The molecule has 8 aromatic rings. The maximum absolute atomic E-state index is 3.36. The van der Waals surface area contributed by atoms with Crippen LogP contribution < -0.4 is 34.6 Å². The van der Waals surface area contributed by atoms with Gasteiger partial charge in [-0.25, -0.2) is 23.3 Å². The van der Waals surface area contributed by atoms with E-state index in [1.807, 2.05) is 24.3 Å². The summed E-state index contributed by atoms with van der Waals surface area (Å²) in [4.78, 5) is 4.35. The Kier molecular flexibility index (Phi) is 24.6. The van der Waals surface area contributed by atoms with Crippen LogP contribution in [0.5, 0.6) is 0 Å². The summed E-state index contributed by atoms with van der Waals surface area (Å²) in [5.74, 6) is 0. The third-order valence-electron chi connectivity index (χ3n) is 12.4. The van der Waals surface area contributed by atoms with E-state index in [-0.39, 0.29) is 24.8 Å². The molecule has 368 valence electrons. The van der Waals surface area contributed by atoms with Gasteiger partial charge >= 0.3 is 198 Å². The molecular formula is C68H62Cl2N2Zr2-2. The maximum atomic E-state index is 3.36. The fourth-order valence-corrected chi connectivity index (χ4v) is 10.3. The molecule has 12 rings (SSSR count). The van der Waals surface area contributed by atoms with Crippen LogP contribution in [0, 0.1) is 24.3 Å². The van der Waals surface area contributed by atoms with Gasteiger partial charge in [0.05, 0.1) is 0 Å². The summed E-state index contributed by atoms with van der Waals surface area (Å²) in [6.45, 7) is 4.17. The van der Waals surface area contributed by atoms with E-state index in [2.05, 4.69) is 270 Å². The van der Waals surface area contributed by atoms with Crippen LogP contribution in [0.3, 0.4) is 0 Å². The molecule has 6 heteroatoms. The Morgan fingerprint density at radius 1 is 0.405 bits per heavy atom. The van der Waals surface area contributed by atoms with Gasteiger partial charge in [0.1, 0.15) is 0 Å². The van der Waals surface area contributed by atoms with Crippen LogP contribution in [-0.2, 0) is 61.3 Å². The van der Waals surface area contributed by atoms with Gasteiger partial charge < -0.3 is 34.6 Å². The van der Waals surface area contributed by atoms with Crippen molar-refractivity contribution in [2.45, 2.75) is 39.5 Å². The number of anilines is 2. The van der Waals surface area contributed by atoms with Crippen LogP contribution in [0.4, 0.5) is 11.4 Å². The summed E-state index contributed by atoms with van der Waals surface area (Å²) >= 11 is 2.92. The normalized spacial score (nSPS) is 12.0. The second-order valence-corrected chi connectivity index (χ2v) is 20.6. The number of halogens is 2. The fraction of sp³-hybridized carbons (Fsp3) is 0.147. The van der Waals surface area contributed by atoms with Crippen molar-refractivity contribution in [3.8, 4) is 22.3 Å². The number of allylic oxidation sites excluding steroid dienone is 8. The number of benzene rings is 8. The van der Waals surface area contributed by atoms with E-state index in [9.17, 15) is 0 Å². The van der Waals surface area contributed by atoms with Crippen molar-refractivity contribution in [1.82, 2.24) is 0 Å². The van der Waals surface area contributed by atoms with Gasteiger partial charge in [0.2, 0.25) is 0 Å². The van der Waals surface area contributed by atoms with Crippen molar-refractivity contribution in [2.24, 2.45) is 0 Å². The molecule has 2 nitrogen and oxygen atoms in total. The zero-order valence-corrected chi connectivity index (χ0v) is 49.7. The van der Waals surface area contributed by atoms with Crippen LogP contribution in [0.1, 0.15) is 71.2 Å². The molecule has 0 aliphatic heterocycles. The minimum atomic E-state index is 0. The molecule has 8 aromatic carbocycles. The Hall–Kier alpha value is -5.59. The molecule has 0 amide bonds. The van der Waals surface area contributed by atoms with Gasteiger partial charge in [-0.05, 0) is 12.8 Å². The molecule has 0 bridgehead atoms. The Bertz CT molecular complexity index is 2870. The summed E-state index contributed by atoms with van der Waals surface area (Å²) in [6.07, 6.45) is 18.5. The predicted octanol–water partition coefficient (Wildman–Crippen LogP) is 9.25. The first kappa shape index (κ1) is 59.3. The second-order valence-electron chi connectivity index (χ2n) is 18.1. The van der Waals surface area contributed by atoms with E-state index in [0.29, 0.717) is 0 Å². The van der Waals surface area contributed by atoms with Gasteiger partial charge in [0.15, 0.2) is 0 Å². The Morgan fingerprint density at radius 3 is 0.959 bits per heavy atom. The van der Waals surface area contributed by atoms with Crippen LogP contribution in [0.25, 0.3) is 22.3 Å². The SMILES string of the molecule is CC1=CC[C-]=C1.CC1=CC[C-]=C1.CN(C)c1cc[c-]c2c1-c1ccccc1C2.CN(C)c1cc[c-]c2c1-c1ccccc1C2.[Cl-].[Cl-].[Zr+2]=[C](c1ccccc1)c1ccccc1.[Zr+2]=[C](c1ccccc1)c1ccccc1. The summed E-state index contributed by atoms with van der Waals surface area (Å²) in [5, 5.41) is 0. The quantitative estimate of drug-likeness (QED) is 0.154. The van der Waals surface area contributed by atoms with Gasteiger partial charge in [-0.2, -0.15) is 36.4 Å². The first-order chi connectivity index (χ1) is 35.1. The number of nitrogens with zero attached hydrogens (tertiary/aromatic N) is 2. The molecule has 0 saturated carbocycles. The molecule has 0 radical (unpaired) electrons. The Balaban J connectivity index is 0.000000169. The topological polar surface area (TPSA) is 6.48 Å². The van der Waals surface area contributed by atoms with Crippen molar-refractivity contribution in [3.63, 3.8) is 0 Å². The summed E-state index contributed by atoms with van der Waals surface area (Å²) in [6, 6.07) is 74.6. The number of fused-ring (bicyclic) bond motifs is 6. The van der Waals surface area contributed by atoms with Gasteiger partial charge in [-0.3, -0.25) is 12.2 Å². The van der Waals surface area contributed by atoms with Crippen LogP contribution in [0.2, 0.25) is 0 Å². The van der Waals surface area contributed by atoms with Gasteiger partial charge in [0, 0.05) is 28.2 Å². The predicted molar refractivity (Wildman–Crippen MR) is 300 cm³/mol. The molecule has 0 unspecified atom stereocenters. The first-order valence-corrected chi connectivity index (χ1v) is 27.0. The molecule has 4 aliphatic rings. The first-order valence-electron chi connectivity index (χ1n) is 24.5. The summed E-state index contributed by atoms with van der Waals surface area (Å²) in [7, 11) is 8.38. The van der Waals surface area contributed by atoms with E-state index in [1.54, 1.807) is 0 Å². The van der Waals surface area contributed by atoms with Crippen molar-refractivity contribution in [2.75, 3.05) is 38.0 Å². The van der Waals surface area contributed by atoms with Gasteiger partial charge in [-0.15, -0.1) is 61.1 Å². The minimum absolute atomic E-state index is 0. The Labute approximate surface area is 484 Å². The number of hydrogen-bond acceptors (Lipinski definition) is 2. The molecule has 0 N–H and O–H groups in total. The molecule has 4 aliphatic carbocycles. The van der Waals surface area contributed by atoms with E-state index in [4.69, 9.17) is 0 Å². The molecule has 0 heterocycles. The fourth-order valence-electron chi connectivity index (χ4n) is 8.66. The van der Waals surface area contributed by atoms with E-state index in [0.717, 1.165) is 25.7 Å². The number of hydrogen-bond donors (Lipinski definition) is 0. The van der Waals surface area contributed by atoms with Crippen molar-refractivity contribution in [1.29, 1.82) is 0 Å².